The second-order valence-electron chi connectivity index (χ2n) is 5.50. The Bertz CT molecular complexity index is 634. The summed E-state index contributed by atoms with van der Waals surface area (Å²) in [7, 11) is 0. The van der Waals surface area contributed by atoms with Crippen LogP contribution in [0.1, 0.15) is 52.9 Å². The van der Waals surface area contributed by atoms with E-state index in [-0.39, 0.29) is 0 Å². The first-order valence-corrected chi connectivity index (χ1v) is 7.39. The van der Waals surface area contributed by atoms with E-state index in [1.54, 1.807) is 0 Å². The molecule has 0 aliphatic heterocycles. The van der Waals surface area contributed by atoms with Crippen LogP contribution >= 0.6 is 11.6 Å². The number of rotatable bonds is 3. The summed E-state index contributed by atoms with van der Waals surface area (Å²) < 4.78 is 0. The highest BCUT2D eigenvalue weighted by atomic mass is 35.5. The molecular formula is C16H15ClN2. The first-order valence-electron chi connectivity index (χ1n) is 6.86. The summed E-state index contributed by atoms with van der Waals surface area (Å²) in [6.07, 6.45) is 5.51. The maximum absolute atomic E-state index is 5.98. The molecule has 0 bridgehead atoms. The van der Waals surface area contributed by atoms with E-state index in [4.69, 9.17) is 16.6 Å². The van der Waals surface area contributed by atoms with Crippen molar-refractivity contribution in [3.05, 3.63) is 58.7 Å². The molecule has 1 atom stereocenters. The Balaban J connectivity index is 1.72. The number of alkyl halides is 1. The second kappa shape index (κ2) is 4.31. The SMILES string of the molecule is ClCc1cnc(C2Cc3ccccc32)nc1C1CC1. The van der Waals surface area contributed by atoms with E-state index >= 15 is 0 Å². The molecule has 19 heavy (non-hydrogen) atoms. The summed E-state index contributed by atoms with van der Waals surface area (Å²) in [6, 6.07) is 8.59. The van der Waals surface area contributed by atoms with Gasteiger partial charge in [0.1, 0.15) is 5.82 Å². The molecule has 1 saturated carbocycles. The van der Waals surface area contributed by atoms with Gasteiger partial charge in [0.15, 0.2) is 0 Å². The molecule has 2 aliphatic rings. The Hall–Kier alpha value is -1.41. The van der Waals surface area contributed by atoms with E-state index < -0.39 is 0 Å². The number of fused-ring (bicyclic) bond motifs is 1. The third kappa shape index (κ3) is 1.86. The first kappa shape index (κ1) is 11.4. The molecule has 0 radical (unpaired) electrons. The molecule has 3 heteroatoms. The molecule has 0 N–H and O–H groups in total. The molecule has 2 nitrogen and oxygen atoms in total. The van der Waals surface area contributed by atoms with Crippen LogP contribution in [0.2, 0.25) is 0 Å². The quantitative estimate of drug-likeness (QED) is 0.793. The largest absolute Gasteiger partial charge is 0.240 e. The third-order valence-corrected chi connectivity index (χ3v) is 4.48. The zero-order chi connectivity index (χ0) is 12.8. The number of benzene rings is 1. The zero-order valence-electron chi connectivity index (χ0n) is 10.6. The number of hydrogen-bond acceptors (Lipinski definition) is 2. The lowest BCUT2D eigenvalue weighted by molar-refractivity contribution is 0.651. The first-order chi connectivity index (χ1) is 9.36. The Morgan fingerprint density at radius 1 is 1.21 bits per heavy atom. The second-order valence-corrected chi connectivity index (χ2v) is 5.77. The average Bonchev–Trinajstić information content (AvgIpc) is 3.24. The van der Waals surface area contributed by atoms with Crippen LogP contribution in [0.3, 0.4) is 0 Å². The lowest BCUT2D eigenvalue weighted by atomic mass is 9.77. The van der Waals surface area contributed by atoms with Crippen LogP contribution in [0.15, 0.2) is 30.5 Å². The van der Waals surface area contributed by atoms with Crippen LogP contribution in [0, 0.1) is 0 Å². The van der Waals surface area contributed by atoms with Gasteiger partial charge in [-0.25, -0.2) is 9.97 Å². The van der Waals surface area contributed by atoms with Gasteiger partial charge >= 0.3 is 0 Å². The van der Waals surface area contributed by atoms with Crippen molar-refractivity contribution in [1.29, 1.82) is 0 Å². The Kier molecular flexibility index (Phi) is 2.59. The Morgan fingerprint density at radius 3 is 2.79 bits per heavy atom. The van der Waals surface area contributed by atoms with E-state index in [1.807, 2.05) is 6.20 Å². The third-order valence-electron chi connectivity index (χ3n) is 4.19. The molecule has 0 amide bonds. The fraction of sp³-hybridized carbons (Fsp3) is 0.375. The van der Waals surface area contributed by atoms with Crippen molar-refractivity contribution in [2.24, 2.45) is 0 Å². The van der Waals surface area contributed by atoms with Crippen molar-refractivity contribution in [3.8, 4) is 0 Å². The summed E-state index contributed by atoms with van der Waals surface area (Å²) in [6.45, 7) is 0. The van der Waals surface area contributed by atoms with Gasteiger partial charge in [-0.3, -0.25) is 0 Å². The molecule has 1 aromatic heterocycles. The maximum atomic E-state index is 5.98. The van der Waals surface area contributed by atoms with Gasteiger partial charge < -0.3 is 0 Å². The maximum Gasteiger partial charge on any atom is 0.136 e. The molecule has 4 rings (SSSR count). The van der Waals surface area contributed by atoms with Crippen molar-refractivity contribution < 1.29 is 0 Å². The van der Waals surface area contributed by atoms with Crippen molar-refractivity contribution in [1.82, 2.24) is 9.97 Å². The lowest BCUT2D eigenvalue weighted by Gasteiger charge is -2.29. The van der Waals surface area contributed by atoms with Gasteiger partial charge in [0.05, 0.1) is 11.6 Å². The average molecular weight is 271 g/mol. The smallest absolute Gasteiger partial charge is 0.136 e. The predicted molar refractivity (Wildman–Crippen MR) is 75.6 cm³/mol. The highest BCUT2D eigenvalue weighted by Gasteiger charge is 2.32. The molecule has 2 aliphatic carbocycles. The summed E-state index contributed by atoms with van der Waals surface area (Å²) >= 11 is 5.98. The molecule has 2 aromatic rings. The van der Waals surface area contributed by atoms with Crippen molar-refractivity contribution in [3.63, 3.8) is 0 Å². The fourth-order valence-electron chi connectivity index (χ4n) is 2.90. The van der Waals surface area contributed by atoms with Gasteiger partial charge in [-0.15, -0.1) is 11.6 Å². The van der Waals surface area contributed by atoms with Gasteiger partial charge in [0.25, 0.3) is 0 Å². The molecule has 1 aromatic carbocycles. The summed E-state index contributed by atoms with van der Waals surface area (Å²) in [5, 5.41) is 0. The van der Waals surface area contributed by atoms with Crippen LogP contribution in [0.5, 0.6) is 0 Å². The Labute approximate surface area is 117 Å². The van der Waals surface area contributed by atoms with Crippen LogP contribution < -0.4 is 0 Å². The van der Waals surface area contributed by atoms with Crippen LogP contribution in [0.4, 0.5) is 0 Å². The van der Waals surface area contributed by atoms with Crippen molar-refractivity contribution in [2.75, 3.05) is 0 Å². The van der Waals surface area contributed by atoms with E-state index in [1.165, 1.54) is 29.7 Å². The highest BCUT2D eigenvalue weighted by molar-refractivity contribution is 6.17. The minimum Gasteiger partial charge on any atom is -0.240 e. The van der Waals surface area contributed by atoms with Gasteiger partial charge in [-0.2, -0.15) is 0 Å². The molecule has 1 fully saturated rings. The van der Waals surface area contributed by atoms with Gasteiger partial charge in [-0.05, 0) is 30.4 Å². The van der Waals surface area contributed by atoms with E-state index in [2.05, 4.69) is 29.2 Å². The zero-order valence-corrected chi connectivity index (χ0v) is 11.4. The van der Waals surface area contributed by atoms with Gasteiger partial charge in [-0.1, -0.05) is 24.3 Å². The predicted octanol–water partition coefficient (Wildman–Crippen LogP) is 3.78. The molecule has 0 spiro atoms. The lowest BCUT2D eigenvalue weighted by Crippen LogP contribution is -2.21. The van der Waals surface area contributed by atoms with Crippen LogP contribution in [-0.2, 0) is 12.3 Å². The molecule has 0 saturated heterocycles. The number of aromatic nitrogens is 2. The van der Waals surface area contributed by atoms with E-state index in [0.717, 1.165) is 17.8 Å². The molecular weight excluding hydrogens is 256 g/mol. The van der Waals surface area contributed by atoms with Crippen LogP contribution in [-0.4, -0.2) is 9.97 Å². The minimum atomic E-state index is 0.387. The Morgan fingerprint density at radius 2 is 2.05 bits per heavy atom. The van der Waals surface area contributed by atoms with Gasteiger partial charge in [0, 0.05) is 23.6 Å². The number of nitrogens with zero attached hydrogens (tertiary/aromatic N) is 2. The van der Waals surface area contributed by atoms with Crippen molar-refractivity contribution >= 4 is 11.6 Å². The standard InChI is InChI=1S/C16H15ClN2/c17-8-12-9-18-16(19-15(12)10-5-6-10)14-7-11-3-1-2-4-13(11)14/h1-4,9-10,14H,5-8H2. The normalized spacial score (nSPS) is 20.8. The summed E-state index contributed by atoms with van der Waals surface area (Å²) in [4.78, 5) is 9.38. The summed E-state index contributed by atoms with van der Waals surface area (Å²) in [5.41, 5.74) is 5.14. The van der Waals surface area contributed by atoms with E-state index in [0.29, 0.717) is 17.7 Å². The number of halogens is 1. The van der Waals surface area contributed by atoms with Crippen molar-refractivity contribution in [2.45, 2.75) is 37.0 Å². The summed E-state index contributed by atoms with van der Waals surface area (Å²) in [5.74, 6) is 2.52. The van der Waals surface area contributed by atoms with Crippen LogP contribution in [0.25, 0.3) is 0 Å². The molecule has 1 unspecified atom stereocenters. The highest BCUT2D eigenvalue weighted by Crippen LogP contribution is 2.43. The fourth-order valence-corrected chi connectivity index (χ4v) is 3.11. The van der Waals surface area contributed by atoms with E-state index in [9.17, 15) is 0 Å². The van der Waals surface area contributed by atoms with Gasteiger partial charge in [0.2, 0.25) is 0 Å². The topological polar surface area (TPSA) is 25.8 Å². The molecule has 1 heterocycles. The minimum absolute atomic E-state index is 0.387. The monoisotopic (exact) mass is 270 g/mol. The molecule has 96 valence electrons. The number of hydrogen-bond donors (Lipinski definition) is 0.